The Bertz CT molecular complexity index is 446. The SMILES string of the molecule is CC1CN(CCc2ccc(C(F)(F)F)cn2)CC(C)N1C. The number of rotatable bonds is 3. The van der Waals surface area contributed by atoms with Crippen LogP contribution in [0.4, 0.5) is 13.2 Å². The first-order valence-electron chi connectivity index (χ1n) is 7.24. The second-order valence-corrected chi connectivity index (χ2v) is 5.91. The molecule has 118 valence electrons. The third kappa shape index (κ3) is 4.17. The molecule has 0 aromatic carbocycles. The van der Waals surface area contributed by atoms with Crippen molar-refractivity contribution < 1.29 is 13.2 Å². The molecule has 1 aliphatic rings. The number of hydrogen-bond acceptors (Lipinski definition) is 3. The Hall–Kier alpha value is -1.14. The molecule has 1 aromatic rings. The van der Waals surface area contributed by atoms with Crippen LogP contribution in [0.5, 0.6) is 0 Å². The Kier molecular flexibility index (Phi) is 4.88. The molecule has 0 N–H and O–H groups in total. The van der Waals surface area contributed by atoms with Gasteiger partial charge in [-0.05, 0) is 33.0 Å². The highest BCUT2D eigenvalue weighted by Crippen LogP contribution is 2.28. The Labute approximate surface area is 123 Å². The molecule has 2 heterocycles. The van der Waals surface area contributed by atoms with Crippen LogP contribution >= 0.6 is 0 Å². The zero-order valence-corrected chi connectivity index (χ0v) is 12.7. The number of aromatic nitrogens is 1. The number of nitrogens with zero attached hydrogens (tertiary/aromatic N) is 3. The zero-order valence-electron chi connectivity index (χ0n) is 12.7. The van der Waals surface area contributed by atoms with Gasteiger partial charge >= 0.3 is 6.18 Å². The van der Waals surface area contributed by atoms with Gasteiger partial charge in [-0.1, -0.05) is 0 Å². The summed E-state index contributed by atoms with van der Waals surface area (Å²) in [6.45, 7) is 7.20. The van der Waals surface area contributed by atoms with E-state index in [2.05, 4.69) is 35.7 Å². The van der Waals surface area contributed by atoms with Gasteiger partial charge in [0.25, 0.3) is 0 Å². The molecule has 1 aliphatic heterocycles. The van der Waals surface area contributed by atoms with E-state index in [0.29, 0.717) is 24.2 Å². The lowest BCUT2D eigenvalue weighted by Gasteiger charge is -2.42. The summed E-state index contributed by atoms with van der Waals surface area (Å²) >= 11 is 0. The molecule has 0 amide bonds. The van der Waals surface area contributed by atoms with E-state index in [-0.39, 0.29) is 0 Å². The van der Waals surface area contributed by atoms with Crippen molar-refractivity contribution in [3.8, 4) is 0 Å². The molecule has 0 bridgehead atoms. The molecule has 0 aliphatic carbocycles. The van der Waals surface area contributed by atoms with Crippen LogP contribution in [0.2, 0.25) is 0 Å². The maximum Gasteiger partial charge on any atom is 0.417 e. The van der Waals surface area contributed by atoms with Gasteiger partial charge in [0.1, 0.15) is 0 Å². The summed E-state index contributed by atoms with van der Waals surface area (Å²) in [6, 6.07) is 3.58. The van der Waals surface area contributed by atoms with Gasteiger partial charge < -0.3 is 0 Å². The van der Waals surface area contributed by atoms with E-state index < -0.39 is 11.7 Å². The highest BCUT2D eigenvalue weighted by atomic mass is 19.4. The summed E-state index contributed by atoms with van der Waals surface area (Å²) < 4.78 is 37.4. The number of hydrogen-bond donors (Lipinski definition) is 0. The van der Waals surface area contributed by atoms with Crippen LogP contribution in [0.25, 0.3) is 0 Å². The van der Waals surface area contributed by atoms with Gasteiger partial charge in [0.2, 0.25) is 0 Å². The van der Waals surface area contributed by atoms with Gasteiger partial charge in [-0.3, -0.25) is 14.8 Å². The minimum atomic E-state index is -4.31. The van der Waals surface area contributed by atoms with Gasteiger partial charge in [-0.25, -0.2) is 0 Å². The third-order valence-corrected chi connectivity index (χ3v) is 4.27. The van der Waals surface area contributed by atoms with E-state index in [1.807, 2.05) is 0 Å². The number of pyridine rings is 1. The number of likely N-dealkylation sites (N-methyl/N-ethyl adjacent to an activating group) is 1. The van der Waals surface area contributed by atoms with Crippen molar-refractivity contribution in [2.75, 3.05) is 26.7 Å². The van der Waals surface area contributed by atoms with Crippen LogP contribution in [0.1, 0.15) is 25.1 Å². The predicted octanol–water partition coefficient (Wildman–Crippen LogP) is 2.67. The highest BCUT2D eigenvalue weighted by molar-refractivity contribution is 5.17. The molecule has 0 spiro atoms. The van der Waals surface area contributed by atoms with Crippen LogP contribution in [-0.4, -0.2) is 53.5 Å². The molecule has 0 radical (unpaired) electrons. The normalized spacial score (nSPS) is 25.2. The molecule has 0 saturated carbocycles. The molecule has 1 saturated heterocycles. The number of halogens is 3. The molecule has 21 heavy (non-hydrogen) atoms. The van der Waals surface area contributed by atoms with Crippen molar-refractivity contribution in [2.45, 2.75) is 38.5 Å². The van der Waals surface area contributed by atoms with E-state index in [4.69, 9.17) is 0 Å². The average molecular weight is 301 g/mol. The quantitative estimate of drug-likeness (QED) is 0.855. The molecule has 2 atom stereocenters. The van der Waals surface area contributed by atoms with Crippen LogP contribution in [-0.2, 0) is 12.6 Å². The largest absolute Gasteiger partial charge is 0.417 e. The maximum atomic E-state index is 12.5. The van der Waals surface area contributed by atoms with Gasteiger partial charge in [-0.15, -0.1) is 0 Å². The predicted molar refractivity (Wildman–Crippen MR) is 76.1 cm³/mol. The van der Waals surface area contributed by atoms with Gasteiger partial charge in [-0.2, -0.15) is 13.2 Å². The van der Waals surface area contributed by atoms with Gasteiger partial charge in [0.15, 0.2) is 0 Å². The highest BCUT2D eigenvalue weighted by Gasteiger charge is 2.30. The lowest BCUT2D eigenvalue weighted by atomic mass is 10.1. The lowest BCUT2D eigenvalue weighted by Crippen LogP contribution is -2.55. The second-order valence-electron chi connectivity index (χ2n) is 5.91. The first-order valence-corrected chi connectivity index (χ1v) is 7.24. The monoisotopic (exact) mass is 301 g/mol. The molecule has 6 heteroatoms. The zero-order chi connectivity index (χ0) is 15.6. The van der Waals surface area contributed by atoms with Gasteiger partial charge in [0.05, 0.1) is 5.56 Å². The fraction of sp³-hybridized carbons (Fsp3) is 0.667. The average Bonchev–Trinajstić information content (AvgIpc) is 2.42. The van der Waals surface area contributed by atoms with Crippen molar-refractivity contribution in [1.82, 2.24) is 14.8 Å². The molecule has 2 rings (SSSR count). The topological polar surface area (TPSA) is 19.4 Å². The van der Waals surface area contributed by atoms with Crippen LogP contribution in [0, 0.1) is 0 Å². The Morgan fingerprint density at radius 1 is 1.19 bits per heavy atom. The van der Waals surface area contributed by atoms with Crippen molar-refractivity contribution in [3.63, 3.8) is 0 Å². The molecule has 1 fully saturated rings. The number of piperazine rings is 1. The molecule has 1 aromatic heterocycles. The van der Waals surface area contributed by atoms with Crippen LogP contribution < -0.4 is 0 Å². The summed E-state index contributed by atoms with van der Waals surface area (Å²) in [7, 11) is 2.13. The Morgan fingerprint density at radius 2 is 1.81 bits per heavy atom. The third-order valence-electron chi connectivity index (χ3n) is 4.27. The molecular weight excluding hydrogens is 279 g/mol. The minimum absolute atomic E-state index is 0.495. The number of alkyl halides is 3. The first-order chi connectivity index (χ1) is 9.77. The molecular formula is C15H22F3N3. The fourth-order valence-corrected chi connectivity index (χ4v) is 2.71. The Morgan fingerprint density at radius 3 is 2.29 bits per heavy atom. The summed E-state index contributed by atoms with van der Waals surface area (Å²) in [5, 5.41) is 0. The smallest absolute Gasteiger partial charge is 0.300 e. The van der Waals surface area contributed by atoms with E-state index in [0.717, 1.165) is 31.9 Å². The van der Waals surface area contributed by atoms with Crippen molar-refractivity contribution in [2.24, 2.45) is 0 Å². The summed E-state index contributed by atoms with van der Waals surface area (Å²) in [4.78, 5) is 8.64. The first kappa shape index (κ1) is 16.2. The Balaban J connectivity index is 1.89. The second kappa shape index (κ2) is 6.32. The molecule has 3 nitrogen and oxygen atoms in total. The molecule has 2 unspecified atom stereocenters. The van der Waals surface area contributed by atoms with Crippen molar-refractivity contribution in [1.29, 1.82) is 0 Å². The van der Waals surface area contributed by atoms with Crippen LogP contribution in [0.3, 0.4) is 0 Å². The fourth-order valence-electron chi connectivity index (χ4n) is 2.71. The van der Waals surface area contributed by atoms with E-state index >= 15 is 0 Å². The summed E-state index contributed by atoms with van der Waals surface area (Å²) in [5.41, 5.74) is 0.0234. The van der Waals surface area contributed by atoms with Crippen molar-refractivity contribution in [3.05, 3.63) is 29.6 Å². The van der Waals surface area contributed by atoms with Gasteiger partial charge in [0, 0.05) is 50.0 Å². The van der Waals surface area contributed by atoms with Crippen molar-refractivity contribution >= 4 is 0 Å². The van der Waals surface area contributed by atoms with E-state index in [1.165, 1.54) is 6.07 Å². The minimum Gasteiger partial charge on any atom is -0.300 e. The summed E-state index contributed by atoms with van der Waals surface area (Å²) in [6.07, 6.45) is -2.71. The summed E-state index contributed by atoms with van der Waals surface area (Å²) in [5.74, 6) is 0. The van der Waals surface area contributed by atoms with Crippen LogP contribution in [0.15, 0.2) is 18.3 Å². The lowest BCUT2D eigenvalue weighted by molar-refractivity contribution is -0.137. The van der Waals surface area contributed by atoms with E-state index in [1.54, 1.807) is 0 Å². The maximum absolute atomic E-state index is 12.5. The van der Waals surface area contributed by atoms with E-state index in [9.17, 15) is 13.2 Å². The standard InChI is InChI=1S/C15H22F3N3/c1-11-9-21(10-12(2)20(11)3)7-6-14-5-4-13(8-19-14)15(16,17)18/h4-5,8,11-12H,6-7,9-10H2,1-3H3.